The molecule has 1 saturated carbocycles. The highest BCUT2D eigenvalue weighted by molar-refractivity contribution is 6.07. The molecular formula is C28H36FN5O4. The predicted molar refractivity (Wildman–Crippen MR) is 138 cm³/mol. The number of nitrogens with zero attached hydrogens (tertiary/aromatic N) is 2. The summed E-state index contributed by atoms with van der Waals surface area (Å²) in [6.07, 6.45) is 0.677. The van der Waals surface area contributed by atoms with E-state index in [1.165, 1.54) is 4.90 Å². The molecular weight excluding hydrogens is 489 g/mol. The van der Waals surface area contributed by atoms with Gasteiger partial charge in [0.15, 0.2) is 5.67 Å². The molecule has 0 aromatic heterocycles. The lowest BCUT2D eigenvalue weighted by Crippen LogP contribution is -2.59. The van der Waals surface area contributed by atoms with Crippen LogP contribution >= 0.6 is 0 Å². The van der Waals surface area contributed by atoms with Gasteiger partial charge in [-0.1, -0.05) is 52.8 Å². The van der Waals surface area contributed by atoms with Gasteiger partial charge in [0, 0.05) is 18.7 Å². The van der Waals surface area contributed by atoms with Crippen LogP contribution in [0, 0.1) is 22.7 Å². The number of halogens is 1. The number of nitriles is 1. The van der Waals surface area contributed by atoms with Crippen molar-refractivity contribution in [2.24, 2.45) is 11.3 Å². The third kappa shape index (κ3) is 4.98. The number of nitrogens with one attached hydrogen (secondary N) is 3. The lowest BCUT2D eigenvalue weighted by Gasteiger charge is -2.34. The SMILES string of the molecule is CC(C)C[C@H](NC(=O)[C@@H](NC(=O)C1(F)CC1)C(C)(C)C)C(=O)N1C[C@]2(C[C@H]1C#N)C(=O)Nc1ccccc12. The molecule has 4 atom stereocenters. The van der Waals surface area contributed by atoms with E-state index in [2.05, 4.69) is 22.0 Å². The third-order valence-electron chi connectivity index (χ3n) is 7.74. The van der Waals surface area contributed by atoms with Crippen LogP contribution in [0.2, 0.25) is 0 Å². The topological polar surface area (TPSA) is 131 Å². The molecule has 1 saturated heterocycles. The molecule has 0 bridgehead atoms. The number of hydrogen-bond acceptors (Lipinski definition) is 5. The Morgan fingerprint density at radius 3 is 2.45 bits per heavy atom. The summed E-state index contributed by atoms with van der Waals surface area (Å²) in [5.41, 5.74) is -2.32. The van der Waals surface area contributed by atoms with Gasteiger partial charge >= 0.3 is 0 Å². The van der Waals surface area contributed by atoms with Gasteiger partial charge in [-0.15, -0.1) is 0 Å². The molecule has 1 aromatic rings. The Morgan fingerprint density at radius 2 is 1.87 bits per heavy atom. The van der Waals surface area contributed by atoms with Gasteiger partial charge in [-0.2, -0.15) is 5.26 Å². The number of anilines is 1. The fourth-order valence-electron chi connectivity index (χ4n) is 5.41. The predicted octanol–water partition coefficient (Wildman–Crippen LogP) is 2.56. The van der Waals surface area contributed by atoms with Crippen LogP contribution in [0.3, 0.4) is 0 Å². The second-order valence-electron chi connectivity index (χ2n) is 12.3. The summed E-state index contributed by atoms with van der Waals surface area (Å²) in [5.74, 6) is -2.12. The van der Waals surface area contributed by atoms with Crippen LogP contribution in [0.5, 0.6) is 0 Å². The number of hydrogen-bond donors (Lipinski definition) is 3. The molecule has 1 spiro atoms. The van der Waals surface area contributed by atoms with E-state index in [9.17, 15) is 28.8 Å². The van der Waals surface area contributed by atoms with Gasteiger partial charge < -0.3 is 20.9 Å². The van der Waals surface area contributed by atoms with E-state index in [1.54, 1.807) is 26.8 Å². The zero-order valence-corrected chi connectivity index (χ0v) is 22.6. The van der Waals surface area contributed by atoms with E-state index >= 15 is 0 Å². The van der Waals surface area contributed by atoms with Crippen molar-refractivity contribution in [2.75, 3.05) is 11.9 Å². The number of carbonyl (C=O) groups excluding carboxylic acids is 4. The quantitative estimate of drug-likeness (QED) is 0.504. The van der Waals surface area contributed by atoms with Crippen molar-refractivity contribution in [1.82, 2.24) is 15.5 Å². The summed E-state index contributed by atoms with van der Waals surface area (Å²) < 4.78 is 14.4. The molecule has 3 N–H and O–H groups in total. The highest BCUT2D eigenvalue weighted by atomic mass is 19.1. The van der Waals surface area contributed by atoms with Gasteiger partial charge in [0.2, 0.25) is 17.7 Å². The van der Waals surface area contributed by atoms with Gasteiger partial charge in [-0.05, 0) is 42.2 Å². The van der Waals surface area contributed by atoms with Crippen LogP contribution in [-0.2, 0) is 24.6 Å². The largest absolute Gasteiger partial charge is 0.342 e. The number of para-hydroxylation sites is 1. The van der Waals surface area contributed by atoms with Gasteiger partial charge in [0.25, 0.3) is 5.91 Å². The second kappa shape index (κ2) is 9.68. The van der Waals surface area contributed by atoms with Gasteiger partial charge in [-0.25, -0.2) is 4.39 Å². The summed E-state index contributed by atoms with van der Waals surface area (Å²) in [5, 5.41) is 18.1. The van der Waals surface area contributed by atoms with Crippen LogP contribution in [0.15, 0.2) is 24.3 Å². The first-order chi connectivity index (χ1) is 17.7. The molecule has 1 aromatic carbocycles. The minimum Gasteiger partial charge on any atom is -0.342 e. The van der Waals surface area contributed by atoms with E-state index in [4.69, 9.17) is 0 Å². The van der Waals surface area contributed by atoms with E-state index < -0.39 is 52.3 Å². The summed E-state index contributed by atoms with van der Waals surface area (Å²) >= 11 is 0. The number of carbonyl (C=O) groups is 4. The number of benzene rings is 1. The van der Waals surface area contributed by atoms with Gasteiger partial charge in [0.1, 0.15) is 18.1 Å². The Kier molecular flexibility index (Phi) is 7.02. The van der Waals surface area contributed by atoms with E-state index in [0.29, 0.717) is 5.69 Å². The lowest BCUT2D eigenvalue weighted by atomic mass is 9.80. The second-order valence-corrected chi connectivity index (χ2v) is 12.3. The highest BCUT2D eigenvalue weighted by Gasteiger charge is 2.57. The van der Waals surface area contributed by atoms with Crippen LogP contribution in [-0.4, -0.2) is 58.9 Å². The van der Waals surface area contributed by atoms with E-state index in [-0.39, 0.29) is 44.1 Å². The Labute approximate surface area is 222 Å². The molecule has 0 unspecified atom stereocenters. The highest BCUT2D eigenvalue weighted by Crippen LogP contribution is 2.46. The Morgan fingerprint density at radius 1 is 1.21 bits per heavy atom. The maximum Gasteiger partial charge on any atom is 0.258 e. The molecule has 1 aliphatic carbocycles. The van der Waals surface area contributed by atoms with Crippen LogP contribution < -0.4 is 16.0 Å². The molecule has 4 amide bonds. The molecule has 38 heavy (non-hydrogen) atoms. The average Bonchev–Trinajstić information content (AvgIpc) is 3.38. The summed E-state index contributed by atoms with van der Waals surface area (Å²) in [6.45, 7) is 9.08. The molecule has 4 rings (SSSR count). The van der Waals surface area contributed by atoms with Gasteiger partial charge in [-0.3, -0.25) is 19.2 Å². The van der Waals surface area contributed by atoms with Crippen molar-refractivity contribution in [3.8, 4) is 6.07 Å². The van der Waals surface area contributed by atoms with E-state index in [1.807, 2.05) is 32.0 Å². The number of likely N-dealkylation sites (tertiary alicyclic amines) is 1. The van der Waals surface area contributed by atoms with Crippen molar-refractivity contribution in [3.05, 3.63) is 29.8 Å². The first kappa shape index (κ1) is 27.6. The summed E-state index contributed by atoms with van der Waals surface area (Å²) in [4.78, 5) is 54.3. The molecule has 0 radical (unpaired) electrons. The van der Waals surface area contributed by atoms with Crippen molar-refractivity contribution < 1.29 is 23.6 Å². The standard InChI is InChI=1S/C28H36FN5O4/c1-16(2)12-20(31-22(35)21(26(3,4)5)33-25(38)28(29)10-11-28)23(36)34-15-27(13-17(34)14-30)18-8-6-7-9-19(18)32-24(27)37/h6-9,16-17,20-21H,10-13,15H2,1-5H3,(H,31,35)(H,32,37)(H,33,38)/t17-,20-,21+,27-/m0/s1. The number of rotatable bonds is 7. The average molecular weight is 526 g/mol. The first-order valence-corrected chi connectivity index (χ1v) is 13.1. The molecule has 2 fully saturated rings. The molecule has 2 aliphatic heterocycles. The van der Waals surface area contributed by atoms with Crippen molar-refractivity contribution in [2.45, 2.75) is 89.5 Å². The van der Waals surface area contributed by atoms with Crippen molar-refractivity contribution in [3.63, 3.8) is 0 Å². The normalized spacial score (nSPS) is 24.8. The fraction of sp³-hybridized carbons (Fsp3) is 0.607. The maximum atomic E-state index is 14.4. The van der Waals surface area contributed by atoms with Crippen molar-refractivity contribution >= 4 is 29.3 Å². The molecule has 9 nitrogen and oxygen atoms in total. The van der Waals surface area contributed by atoms with Crippen molar-refractivity contribution in [1.29, 1.82) is 5.26 Å². The molecule has 2 heterocycles. The lowest BCUT2D eigenvalue weighted by molar-refractivity contribution is -0.139. The van der Waals surface area contributed by atoms with Crippen LogP contribution in [0.1, 0.15) is 65.9 Å². The first-order valence-electron chi connectivity index (χ1n) is 13.1. The Balaban J connectivity index is 1.58. The maximum absolute atomic E-state index is 14.4. The Bertz CT molecular complexity index is 1200. The monoisotopic (exact) mass is 525 g/mol. The van der Waals surface area contributed by atoms with E-state index in [0.717, 1.165) is 5.56 Å². The number of alkyl halides is 1. The van der Waals surface area contributed by atoms with Crippen LogP contribution in [0.25, 0.3) is 0 Å². The smallest absolute Gasteiger partial charge is 0.258 e. The molecule has 3 aliphatic rings. The molecule has 10 heteroatoms. The summed E-state index contributed by atoms with van der Waals surface area (Å²) in [6, 6.07) is 6.50. The third-order valence-corrected chi connectivity index (χ3v) is 7.74. The minimum absolute atomic E-state index is 0.0140. The zero-order valence-electron chi connectivity index (χ0n) is 22.6. The fourth-order valence-corrected chi connectivity index (χ4v) is 5.41. The number of amides is 4. The van der Waals surface area contributed by atoms with Gasteiger partial charge in [0.05, 0.1) is 11.5 Å². The summed E-state index contributed by atoms with van der Waals surface area (Å²) in [7, 11) is 0. The van der Waals surface area contributed by atoms with Crippen LogP contribution in [0.4, 0.5) is 10.1 Å². The Hall–Kier alpha value is -3.48. The zero-order chi connectivity index (χ0) is 28.0. The minimum atomic E-state index is -1.95. The number of fused-ring (bicyclic) bond motifs is 2. The molecule has 204 valence electrons.